The Labute approximate surface area is 114 Å². The zero-order valence-electron chi connectivity index (χ0n) is 10.9. The summed E-state index contributed by atoms with van der Waals surface area (Å²) in [4.78, 5) is 9.97. The third-order valence-corrected chi connectivity index (χ3v) is 2.88. The van der Waals surface area contributed by atoms with E-state index in [1.165, 1.54) is 25.3 Å². The van der Waals surface area contributed by atoms with Crippen LogP contribution in [0.15, 0.2) is 34.7 Å². The van der Waals surface area contributed by atoms with Gasteiger partial charge in [-0.15, -0.1) is 0 Å². The first-order valence-corrected chi connectivity index (χ1v) is 5.81. The minimum Gasteiger partial charge on any atom is -0.497 e. The molecule has 7 heteroatoms. The first kappa shape index (κ1) is 14.0. The molecule has 1 aromatic carbocycles. The second kappa shape index (κ2) is 5.70. The number of methoxy groups -OCH3 is 1. The van der Waals surface area contributed by atoms with Crippen LogP contribution in [0.2, 0.25) is 0 Å². The number of nitro groups is 1. The maximum Gasteiger partial charge on any atom is 0.433 e. The van der Waals surface area contributed by atoms with Crippen molar-refractivity contribution in [3.8, 4) is 5.75 Å². The van der Waals surface area contributed by atoms with Gasteiger partial charge in [0.2, 0.25) is 0 Å². The highest BCUT2D eigenvalue weighted by Crippen LogP contribution is 2.29. The fourth-order valence-electron chi connectivity index (χ4n) is 1.92. The molecule has 0 fully saturated rings. The first-order valence-electron chi connectivity index (χ1n) is 5.81. The molecular formula is C13H13FN2O4. The van der Waals surface area contributed by atoms with Gasteiger partial charge in [0.1, 0.15) is 22.3 Å². The summed E-state index contributed by atoms with van der Waals surface area (Å²) in [5.74, 6) is -0.202. The van der Waals surface area contributed by atoms with Crippen LogP contribution in [0.1, 0.15) is 17.4 Å². The molecule has 0 radical (unpaired) electrons. The van der Waals surface area contributed by atoms with Crippen molar-refractivity contribution in [2.45, 2.75) is 6.04 Å². The van der Waals surface area contributed by atoms with E-state index in [4.69, 9.17) is 9.15 Å². The number of rotatable bonds is 5. The predicted molar refractivity (Wildman–Crippen MR) is 69.2 cm³/mol. The van der Waals surface area contributed by atoms with E-state index < -0.39 is 16.8 Å². The van der Waals surface area contributed by atoms with Crippen molar-refractivity contribution in [1.29, 1.82) is 0 Å². The molecule has 0 saturated heterocycles. The van der Waals surface area contributed by atoms with Crippen LogP contribution in [0.25, 0.3) is 0 Å². The molecule has 1 aromatic heterocycles. The predicted octanol–water partition coefficient (Wildman–Crippen LogP) is 2.64. The largest absolute Gasteiger partial charge is 0.497 e. The van der Waals surface area contributed by atoms with Crippen LogP contribution in [-0.4, -0.2) is 19.1 Å². The zero-order valence-corrected chi connectivity index (χ0v) is 10.9. The fourth-order valence-corrected chi connectivity index (χ4v) is 1.92. The molecule has 0 amide bonds. The second-order valence-corrected chi connectivity index (χ2v) is 4.04. The van der Waals surface area contributed by atoms with E-state index in [-0.39, 0.29) is 11.6 Å². The summed E-state index contributed by atoms with van der Waals surface area (Å²) in [6.07, 6.45) is 0. The molecule has 0 spiro atoms. The highest BCUT2D eigenvalue weighted by molar-refractivity contribution is 5.35. The van der Waals surface area contributed by atoms with Crippen LogP contribution >= 0.6 is 0 Å². The number of nitrogens with zero attached hydrogens (tertiary/aromatic N) is 1. The monoisotopic (exact) mass is 280 g/mol. The Hall–Kier alpha value is -2.41. The molecule has 20 heavy (non-hydrogen) atoms. The molecule has 2 aromatic rings. The molecule has 1 atom stereocenters. The van der Waals surface area contributed by atoms with Gasteiger partial charge in [0, 0.05) is 11.6 Å². The van der Waals surface area contributed by atoms with Gasteiger partial charge >= 0.3 is 5.88 Å². The number of hydrogen-bond donors (Lipinski definition) is 1. The molecule has 0 aliphatic carbocycles. The van der Waals surface area contributed by atoms with E-state index in [9.17, 15) is 14.5 Å². The van der Waals surface area contributed by atoms with Crippen molar-refractivity contribution >= 4 is 5.88 Å². The third-order valence-electron chi connectivity index (χ3n) is 2.88. The van der Waals surface area contributed by atoms with Crippen molar-refractivity contribution in [3.63, 3.8) is 0 Å². The number of nitrogens with one attached hydrogen (secondary N) is 1. The lowest BCUT2D eigenvalue weighted by Crippen LogP contribution is -2.18. The van der Waals surface area contributed by atoms with Crippen molar-refractivity contribution in [2.24, 2.45) is 0 Å². The molecule has 6 nitrogen and oxygen atoms in total. The van der Waals surface area contributed by atoms with Gasteiger partial charge in [-0.1, -0.05) is 6.07 Å². The Morgan fingerprint density at radius 3 is 2.65 bits per heavy atom. The fraction of sp³-hybridized carbons (Fsp3) is 0.231. The van der Waals surface area contributed by atoms with Crippen molar-refractivity contribution < 1.29 is 18.5 Å². The summed E-state index contributed by atoms with van der Waals surface area (Å²) in [6, 6.07) is 6.47. The van der Waals surface area contributed by atoms with Crippen LogP contribution in [0.4, 0.5) is 10.3 Å². The highest BCUT2D eigenvalue weighted by atomic mass is 19.1. The molecular weight excluding hydrogens is 267 g/mol. The topological polar surface area (TPSA) is 77.5 Å². The Morgan fingerprint density at radius 2 is 2.15 bits per heavy atom. The number of ether oxygens (including phenoxy) is 1. The average molecular weight is 280 g/mol. The van der Waals surface area contributed by atoms with Gasteiger partial charge in [0.05, 0.1) is 19.2 Å². The van der Waals surface area contributed by atoms with E-state index >= 15 is 0 Å². The summed E-state index contributed by atoms with van der Waals surface area (Å²) in [7, 11) is 3.06. The van der Waals surface area contributed by atoms with E-state index in [1.807, 2.05) is 0 Å². The Bertz CT molecular complexity index is 627. The maximum atomic E-state index is 14.0. The first-order chi connectivity index (χ1) is 9.56. The van der Waals surface area contributed by atoms with Crippen molar-refractivity contribution in [3.05, 3.63) is 57.6 Å². The molecule has 1 unspecified atom stereocenters. The van der Waals surface area contributed by atoms with Crippen LogP contribution in [-0.2, 0) is 0 Å². The lowest BCUT2D eigenvalue weighted by atomic mass is 10.0. The summed E-state index contributed by atoms with van der Waals surface area (Å²) >= 11 is 0. The van der Waals surface area contributed by atoms with Gasteiger partial charge in [-0.05, 0) is 19.2 Å². The summed E-state index contributed by atoms with van der Waals surface area (Å²) in [5.41, 5.74) is 0.317. The zero-order chi connectivity index (χ0) is 14.7. The minimum absolute atomic E-state index is 0.267. The lowest BCUT2D eigenvalue weighted by molar-refractivity contribution is -0.402. The van der Waals surface area contributed by atoms with Gasteiger partial charge < -0.3 is 14.5 Å². The van der Waals surface area contributed by atoms with Gasteiger partial charge in [-0.25, -0.2) is 4.39 Å². The van der Waals surface area contributed by atoms with E-state index in [0.29, 0.717) is 11.3 Å². The van der Waals surface area contributed by atoms with Gasteiger partial charge in [0.25, 0.3) is 0 Å². The summed E-state index contributed by atoms with van der Waals surface area (Å²) in [6.45, 7) is 0. The molecule has 0 saturated carbocycles. The minimum atomic E-state index is -0.638. The van der Waals surface area contributed by atoms with E-state index in [2.05, 4.69) is 5.32 Å². The maximum absolute atomic E-state index is 14.0. The lowest BCUT2D eigenvalue weighted by Gasteiger charge is -2.15. The Kier molecular flexibility index (Phi) is 3.99. The SMILES string of the molecule is CNC(c1ccc([N+](=O)[O-])o1)c1ccc(OC)cc1F. The number of benzene rings is 1. The van der Waals surface area contributed by atoms with Gasteiger partial charge in [-0.3, -0.25) is 10.1 Å². The quantitative estimate of drug-likeness (QED) is 0.673. The standard InChI is InChI=1S/C13H13FN2O4/c1-15-13(11-5-6-12(20-11)16(17)18)9-4-3-8(19-2)7-10(9)14/h3-7,13,15H,1-2H3. The summed E-state index contributed by atoms with van der Waals surface area (Å²) < 4.78 is 24.1. The van der Waals surface area contributed by atoms with Crippen molar-refractivity contribution in [1.82, 2.24) is 5.32 Å². The smallest absolute Gasteiger partial charge is 0.433 e. The van der Waals surface area contributed by atoms with Crippen LogP contribution < -0.4 is 10.1 Å². The number of halogens is 1. The van der Waals surface area contributed by atoms with E-state index in [1.54, 1.807) is 19.2 Å². The molecule has 1 heterocycles. The highest BCUT2D eigenvalue weighted by Gasteiger charge is 2.22. The third kappa shape index (κ3) is 2.62. The van der Waals surface area contributed by atoms with Crippen LogP contribution in [0.3, 0.4) is 0 Å². The number of hydrogen-bond acceptors (Lipinski definition) is 5. The van der Waals surface area contributed by atoms with Crippen LogP contribution in [0.5, 0.6) is 5.75 Å². The van der Waals surface area contributed by atoms with E-state index in [0.717, 1.165) is 0 Å². The van der Waals surface area contributed by atoms with Crippen LogP contribution in [0, 0.1) is 15.9 Å². The Balaban J connectivity index is 2.38. The van der Waals surface area contributed by atoms with Gasteiger partial charge in [-0.2, -0.15) is 0 Å². The molecule has 106 valence electrons. The Morgan fingerprint density at radius 1 is 1.40 bits per heavy atom. The molecule has 2 rings (SSSR count). The van der Waals surface area contributed by atoms with Gasteiger partial charge in [0.15, 0.2) is 0 Å². The van der Waals surface area contributed by atoms with Crippen molar-refractivity contribution in [2.75, 3.05) is 14.2 Å². The normalized spacial score (nSPS) is 12.2. The summed E-state index contributed by atoms with van der Waals surface area (Å²) in [5, 5.41) is 13.5. The molecule has 0 aliphatic heterocycles. The number of furan rings is 1. The molecule has 0 aliphatic rings. The molecule has 1 N–H and O–H groups in total. The average Bonchev–Trinajstić information content (AvgIpc) is 2.91. The second-order valence-electron chi connectivity index (χ2n) is 4.04. The molecule has 0 bridgehead atoms.